The highest BCUT2D eigenvalue weighted by molar-refractivity contribution is 7.89. The smallest absolute Gasteiger partial charge is 0.243 e. The molecule has 148 valence electrons. The van der Waals surface area contributed by atoms with Crippen LogP contribution in [0.2, 0.25) is 0 Å². The van der Waals surface area contributed by atoms with Gasteiger partial charge in [-0.05, 0) is 54.7 Å². The summed E-state index contributed by atoms with van der Waals surface area (Å²) in [5, 5.41) is 0. The number of aryl methyl sites for hydroxylation is 1. The minimum atomic E-state index is -3.52. The van der Waals surface area contributed by atoms with Gasteiger partial charge in [-0.15, -0.1) is 0 Å². The fourth-order valence-corrected chi connectivity index (χ4v) is 5.90. The Hall–Kier alpha value is -1.47. The molecule has 0 N–H and O–H groups in total. The van der Waals surface area contributed by atoms with Gasteiger partial charge in [0.2, 0.25) is 10.0 Å². The summed E-state index contributed by atoms with van der Waals surface area (Å²) in [4.78, 5) is 0.357. The van der Waals surface area contributed by atoms with Gasteiger partial charge in [0.15, 0.2) is 0 Å². The van der Waals surface area contributed by atoms with Crippen molar-refractivity contribution in [2.45, 2.75) is 32.1 Å². The van der Waals surface area contributed by atoms with E-state index in [1.807, 2.05) is 19.1 Å². The molecule has 1 aliphatic heterocycles. The molecule has 0 saturated carbocycles. The van der Waals surface area contributed by atoms with E-state index >= 15 is 0 Å². The molecule has 0 spiro atoms. The van der Waals surface area contributed by atoms with Crippen LogP contribution < -0.4 is 0 Å². The van der Waals surface area contributed by atoms with E-state index in [2.05, 4.69) is 13.8 Å². The van der Waals surface area contributed by atoms with E-state index in [4.69, 9.17) is 9.47 Å². The van der Waals surface area contributed by atoms with Crippen molar-refractivity contribution in [3.05, 3.63) is 52.1 Å². The molecule has 0 unspecified atom stereocenters. The third-order valence-corrected chi connectivity index (χ3v) is 7.60. The SMILES string of the molecule is COCC1=C(COC)C(C)=C2CN(S(=O)(=O)c3ccc(C)cc3)C[C@@]2(C)C1. The second-order valence-electron chi connectivity index (χ2n) is 7.88. The number of fused-ring (bicyclic) bond motifs is 1. The molecule has 1 aromatic rings. The van der Waals surface area contributed by atoms with Crippen LogP contribution in [0, 0.1) is 12.3 Å². The first-order chi connectivity index (χ1) is 12.7. The Morgan fingerprint density at radius 1 is 1.07 bits per heavy atom. The molecule has 1 atom stereocenters. The molecule has 1 aromatic carbocycles. The van der Waals surface area contributed by atoms with Gasteiger partial charge >= 0.3 is 0 Å². The van der Waals surface area contributed by atoms with Crippen molar-refractivity contribution in [3.8, 4) is 0 Å². The van der Waals surface area contributed by atoms with Crippen LogP contribution in [0.3, 0.4) is 0 Å². The van der Waals surface area contributed by atoms with Crippen LogP contribution in [0.25, 0.3) is 0 Å². The van der Waals surface area contributed by atoms with Gasteiger partial charge < -0.3 is 9.47 Å². The third kappa shape index (κ3) is 3.63. The number of hydrogen-bond donors (Lipinski definition) is 0. The first-order valence-electron chi connectivity index (χ1n) is 9.19. The van der Waals surface area contributed by atoms with Gasteiger partial charge in [0.25, 0.3) is 0 Å². The average molecular weight is 392 g/mol. The van der Waals surface area contributed by atoms with Crippen LogP contribution in [-0.4, -0.2) is 53.2 Å². The second-order valence-corrected chi connectivity index (χ2v) is 9.81. The van der Waals surface area contributed by atoms with Gasteiger partial charge in [-0.1, -0.05) is 24.6 Å². The van der Waals surface area contributed by atoms with Gasteiger partial charge in [-0.2, -0.15) is 4.31 Å². The van der Waals surface area contributed by atoms with Crippen LogP contribution in [0.5, 0.6) is 0 Å². The molecule has 1 saturated heterocycles. The summed E-state index contributed by atoms with van der Waals surface area (Å²) < 4.78 is 38.8. The van der Waals surface area contributed by atoms with Gasteiger partial charge in [0, 0.05) is 32.7 Å². The fraction of sp³-hybridized carbons (Fsp3) is 0.524. The highest BCUT2D eigenvalue weighted by atomic mass is 32.2. The molecule has 1 aliphatic carbocycles. The topological polar surface area (TPSA) is 55.8 Å². The quantitative estimate of drug-likeness (QED) is 0.747. The summed E-state index contributed by atoms with van der Waals surface area (Å²) in [7, 11) is -0.139. The number of rotatable bonds is 6. The summed E-state index contributed by atoms with van der Waals surface area (Å²) in [6.07, 6.45) is 0.798. The van der Waals surface area contributed by atoms with Crippen LogP contribution in [0.1, 0.15) is 25.8 Å². The lowest BCUT2D eigenvalue weighted by molar-refractivity contribution is 0.201. The number of nitrogens with zero attached hydrogens (tertiary/aromatic N) is 1. The Labute approximate surface area is 162 Å². The zero-order valence-corrected chi connectivity index (χ0v) is 17.6. The van der Waals surface area contributed by atoms with E-state index in [0.29, 0.717) is 31.2 Å². The number of methoxy groups -OCH3 is 2. The van der Waals surface area contributed by atoms with Crippen molar-refractivity contribution in [2.75, 3.05) is 40.5 Å². The molecule has 2 aliphatic rings. The minimum Gasteiger partial charge on any atom is -0.380 e. The number of benzene rings is 1. The molecular weight excluding hydrogens is 362 g/mol. The maximum absolute atomic E-state index is 13.2. The van der Waals surface area contributed by atoms with Gasteiger partial charge in [-0.25, -0.2) is 8.42 Å². The maximum Gasteiger partial charge on any atom is 0.243 e. The van der Waals surface area contributed by atoms with Crippen molar-refractivity contribution < 1.29 is 17.9 Å². The van der Waals surface area contributed by atoms with Gasteiger partial charge in [0.1, 0.15) is 0 Å². The number of ether oxygens (including phenoxy) is 2. The Kier molecular flexibility index (Phi) is 5.64. The van der Waals surface area contributed by atoms with Crippen molar-refractivity contribution in [1.82, 2.24) is 4.31 Å². The molecule has 6 heteroatoms. The molecule has 0 amide bonds. The zero-order chi connectivity index (χ0) is 19.8. The average Bonchev–Trinajstić information content (AvgIpc) is 2.97. The van der Waals surface area contributed by atoms with Crippen molar-refractivity contribution >= 4 is 10.0 Å². The first-order valence-corrected chi connectivity index (χ1v) is 10.6. The van der Waals surface area contributed by atoms with Gasteiger partial charge in [0.05, 0.1) is 18.1 Å². The lowest BCUT2D eigenvalue weighted by Crippen LogP contribution is -2.32. The van der Waals surface area contributed by atoms with E-state index < -0.39 is 10.0 Å². The molecule has 0 aromatic heterocycles. The Morgan fingerprint density at radius 3 is 2.30 bits per heavy atom. The minimum absolute atomic E-state index is 0.201. The van der Waals surface area contributed by atoms with E-state index in [0.717, 1.165) is 23.1 Å². The molecule has 0 bridgehead atoms. The Bertz CT molecular complexity index is 883. The third-order valence-electron chi connectivity index (χ3n) is 5.79. The van der Waals surface area contributed by atoms with Crippen molar-refractivity contribution in [2.24, 2.45) is 5.41 Å². The molecule has 1 heterocycles. The van der Waals surface area contributed by atoms with E-state index in [9.17, 15) is 8.42 Å². The number of sulfonamides is 1. The number of hydrogen-bond acceptors (Lipinski definition) is 4. The summed E-state index contributed by atoms with van der Waals surface area (Å²) in [6.45, 7) is 8.19. The first kappa shape index (κ1) is 20.3. The molecule has 27 heavy (non-hydrogen) atoms. The highest BCUT2D eigenvalue weighted by Gasteiger charge is 2.47. The largest absolute Gasteiger partial charge is 0.380 e. The van der Waals surface area contributed by atoms with Crippen LogP contribution in [-0.2, 0) is 19.5 Å². The summed E-state index contributed by atoms with van der Waals surface area (Å²) in [5.74, 6) is 0. The normalized spacial score (nSPS) is 23.9. The van der Waals surface area contributed by atoms with E-state index in [1.54, 1.807) is 30.7 Å². The van der Waals surface area contributed by atoms with Crippen LogP contribution in [0.15, 0.2) is 51.5 Å². The molecule has 0 radical (unpaired) electrons. The monoisotopic (exact) mass is 391 g/mol. The van der Waals surface area contributed by atoms with Crippen LogP contribution in [0.4, 0.5) is 0 Å². The lowest BCUT2D eigenvalue weighted by Gasteiger charge is -2.34. The second kappa shape index (κ2) is 7.51. The molecular formula is C21H29NO4S. The summed E-state index contributed by atoms with van der Waals surface area (Å²) >= 11 is 0. The lowest BCUT2D eigenvalue weighted by atomic mass is 9.71. The predicted molar refractivity (Wildman–Crippen MR) is 106 cm³/mol. The Balaban J connectivity index is 1.97. The highest BCUT2D eigenvalue weighted by Crippen LogP contribution is 2.49. The van der Waals surface area contributed by atoms with Crippen molar-refractivity contribution in [3.63, 3.8) is 0 Å². The van der Waals surface area contributed by atoms with Gasteiger partial charge in [-0.3, -0.25) is 0 Å². The predicted octanol–water partition coefficient (Wildman–Crippen LogP) is 3.32. The van der Waals surface area contributed by atoms with Crippen LogP contribution >= 0.6 is 0 Å². The van der Waals surface area contributed by atoms with Crippen molar-refractivity contribution in [1.29, 1.82) is 0 Å². The van der Waals surface area contributed by atoms with E-state index in [1.165, 1.54) is 11.1 Å². The maximum atomic E-state index is 13.2. The molecule has 1 fully saturated rings. The van der Waals surface area contributed by atoms with E-state index in [-0.39, 0.29) is 5.41 Å². The summed E-state index contributed by atoms with van der Waals surface area (Å²) in [6, 6.07) is 7.08. The Morgan fingerprint density at radius 2 is 1.70 bits per heavy atom. The zero-order valence-electron chi connectivity index (χ0n) is 16.8. The molecule has 3 rings (SSSR count). The fourth-order valence-electron chi connectivity index (χ4n) is 4.36. The summed E-state index contributed by atoms with van der Waals surface area (Å²) in [5.41, 5.74) is 5.56. The molecule has 5 nitrogen and oxygen atoms in total. The standard InChI is InChI=1S/C21H29NO4S/c1-15-6-8-18(9-7-15)27(23,24)22-11-20-16(2)19(13-26-5)17(12-25-4)10-21(20,3)14-22/h6-9H,10-14H2,1-5H3/t21-/m1/s1.